The summed E-state index contributed by atoms with van der Waals surface area (Å²) >= 11 is 0. The fourth-order valence-corrected chi connectivity index (χ4v) is 0.670. The Morgan fingerprint density at radius 3 is 2.56 bits per heavy atom. The second-order valence-electron chi connectivity index (χ2n) is 2.40. The van der Waals surface area contributed by atoms with Crippen LogP contribution in [0.25, 0.3) is 0 Å². The van der Waals surface area contributed by atoms with E-state index in [1.54, 1.807) is 0 Å². The number of allylic oxidation sites excluding steroid dienone is 1. The summed E-state index contributed by atoms with van der Waals surface area (Å²) in [6.45, 7) is 6.27. The zero-order valence-corrected chi connectivity index (χ0v) is 6.01. The molecule has 0 fully saturated rings. The summed E-state index contributed by atoms with van der Waals surface area (Å²) in [5, 5.41) is 0. The third kappa shape index (κ3) is 3.27. The Labute approximate surface area is 56.9 Å². The summed E-state index contributed by atoms with van der Waals surface area (Å²) in [5.74, 6) is 0.465. The Hall–Kier alpha value is -0.340. The molecule has 0 aliphatic rings. The smallest absolute Gasteiger partial charge is 0.0192 e. The quantitative estimate of drug-likeness (QED) is 0.541. The van der Waals surface area contributed by atoms with Crippen LogP contribution in [0, 0.1) is 5.92 Å². The molecule has 0 aromatic carbocycles. The molecule has 0 saturated carbocycles. The van der Waals surface area contributed by atoms with Crippen LogP contribution in [0.15, 0.2) is 12.7 Å². The van der Waals surface area contributed by atoms with E-state index in [9.17, 15) is 0 Å². The van der Waals surface area contributed by atoms with Crippen LogP contribution in [0.5, 0.6) is 0 Å². The number of nitrogens with two attached hydrogens (primary N) is 2. The number of hydrogen-bond donors (Lipinski definition) is 2. The molecular formula is C7H16N2. The van der Waals surface area contributed by atoms with Gasteiger partial charge in [-0.25, -0.2) is 0 Å². The van der Waals surface area contributed by atoms with Gasteiger partial charge in [0.15, 0.2) is 0 Å². The van der Waals surface area contributed by atoms with Crippen molar-refractivity contribution in [3.8, 4) is 0 Å². The van der Waals surface area contributed by atoms with E-state index in [1.165, 1.54) is 0 Å². The average molecular weight is 128 g/mol. The summed E-state index contributed by atoms with van der Waals surface area (Å²) in [6, 6.07) is 0.128. The standard InChI is InChI=1S/C7H16N2/c1-3-4-6(2)7(9)5-8/h3,6-7H,1,4-5,8-9H2,2H3. The SMILES string of the molecule is C=CCC(C)C(N)CN. The van der Waals surface area contributed by atoms with Crippen molar-refractivity contribution < 1.29 is 0 Å². The highest BCUT2D eigenvalue weighted by atomic mass is 14.7. The Kier molecular flexibility index (Phi) is 4.36. The minimum Gasteiger partial charge on any atom is -0.329 e. The van der Waals surface area contributed by atoms with Crippen LogP contribution >= 0.6 is 0 Å². The van der Waals surface area contributed by atoms with Gasteiger partial charge in [-0.2, -0.15) is 0 Å². The Morgan fingerprint density at radius 2 is 2.22 bits per heavy atom. The van der Waals surface area contributed by atoms with Gasteiger partial charge >= 0.3 is 0 Å². The van der Waals surface area contributed by atoms with E-state index < -0.39 is 0 Å². The zero-order valence-electron chi connectivity index (χ0n) is 6.01. The summed E-state index contributed by atoms with van der Waals surface area (Å²) in [7, 11) is 0. The molecular weight excluding hydrogens is 112 g/mol. The van der Waals surface area contributed by atoms with E-state index >= 15 is 0 Å². The highest BCUT2D eigenvalue weighted by Gasteiger charge is 2.07. The zero-order chi connectivity index (χ0) is 7.28. The van der Waals surface area contributed by atoms with Gasteiger partial charge in [0.1, 0.15) is 0 Å². The lowest BCUT2D eigenvalue weighted by molar-refractivity contribution is 0.467. The third-order valence-electron chi connectivity index (χ3n) is 1.54. The largest absolute Gasteiger partial charge is 0.329 e. The lowest BCUT2D eigenvalue weighted by atomic mass is 10.00. The van der Waals surface area contributed by atoms with Crippen LogP contribution in [-0.4, -0.2) is 12.6 Å². The van der Waals surface area contributed by atoms with Crippen molar-refractivity contribution in [2.75, 3.05) is 6.54 Å². The van der Waals surface area contributed by atoms with Crippen LogP contribution in [0.3, 0.4) is 0 Å². The van der Waals surface area contributed by atoms with E-state index in [1.807, 2.05) is 6.08 Å². The second kappa shape index (κ2) is 4.53. The van der Waals surface area contributed by atoms with Crippen LogP contribution < -0.4 is 11.5 Å². The molecule has 2 heteroatoms. The van der Waals surface area contributed by atoms with Gasteiger partial charge in [-0.05, 0) is 12.3 Å². The maximum absolute atomic E-state index is 5.63. The van der Waals surface area contributed by atoms with Gasteiger partial charge in [0.25, 0.3) is 0 Å². The normalized spacial score (nSPS) is 16.8. The van der Waals surface area contributed by atoms with Gasteiger partial charge in [-0.3, -0.25) is 0 Å². The lowest BCUT2D eigenvalue weighted by Crippen LogP contribution is -2.35. The number of hydrogen-bond acceptors (Lipinski definition) is 2. The van der Waals surface area contributed by atoms with Crippen molar-refractivity contribution >= 4 is 0 Å². The molecule has 0 bridgehead atoms. The molecule has 9 heavy (non-hydrogen) atoms. The lowest BCUT2D eigenvalue weighted by Gasteiger charge is -2.15. The molecule has 0 aromatic rings. The second-order valence-corrected chi connectivity index (χ2v) is 2.40. The molecule has 0 amide bonds. The van der Waals surface area contributed by atoms with Crippen molar-refractivity contribution in [3.63, 3.8) is 0 Å². The van der Waals surface area contributed by atoms with Crippen molar-refractivity contribution in [1.82, 2.24) is 0 Å². The molecule has 0 radical (unpaired) electrons. The molecule has 0 rings (SSSR count). The van der Waals surface area contributed by atoms with Gasteiger partial charge in [0.05, 0.1) is 0 Å². The van der Waals surface area contributed by atoms with E-state index in [-0.39, 0.29) is 6.04 Å². The summed E-state index contributed by atoms with van der Waals surface area (Å²) < 4.78 is 0. The van der Waals surface area contributed by atoms with Crippen molar-refractivity contribution in [3.05, 3.63) is 12.7 Å². The molecule has 2 nitrogen and oxygen atoms in total. The topological polar surface area (TPSA) is 52.0 Å². The first-order valence-corrected chi connectivity index (χ1v) is 3.29. The van der Waals surface area contributed by atoms with Gasteiger partial charge in [0, 0.05) is 12.6 Å². The molecule has 0 aliphatic heterocycles. The molecule has 0 heterocycles. The van der Waals surface area contributed by atoms with Crippen molar-refractivity contribution in [1.29, 1.82) is 0 Å². The van der Waals surface area contributed by atoms with Crippen molar-refractivity contribution in [2.45, 2.75) is 19.4 Å². The van der Waals surface area contributed by atoms with Crippen molar-refractivity contribution in [2.24, 2.45) is 17.4 Å². The molecule has 0 saturated heterocycles. The van der Waals surface area contributed by atoms with E-state index in [2.05, 4.69) is 13.5 Å². The first kappa shape index (κ1) is 8.66. The molecule has 54 valence electrons. The Morgan fingerprint density at radius 1 is 1.67 bits per heavy atom. The minimum absolute atomic E-state index is 0.128. The molecule has 0 spiro atoms. The van der Waals surface area contributed by atoms with E-state index in [0.717, 1.165) is 6.42 Å². The van der Waals surface area contributed by atoms with Crippen LogP contribution in [0.1, 0.15) is 13.3 Å². The number of rotatable bonds is 4. The average Bonchev–Trinajstić information content (AvgIpc) is 1.87. The first-order chi connectivity index (χ1) is 4.22. The Bertz CT molecular complexity index is 81.0. The van der Waals surface area contributed by atoms with Gasteiger partial charge in [0.2, 0.25) is 0 Å². The first-order valence-electron chi connectivity index (χ1n) is 3.29. The fraction of sp³-hybridized carbons (Fsp3) is 0.714. The predicted molar refractivity (Wildman–Crippen MR) is 41.0 cm³/mol. The van der Waals surface area contributed by atoms with Gasteiger partial charge in [-0.1, -0.05) is 13.0 Å². The maximum atomic E-state index is 5.63. The minimum atomic E-state index is 0.128. The fourth-order valence-electron chi connectivity index (χ4n) is 0.670. The van der Waals surface area contributed by atoms with E-state index in [4.69, 9.17) is 11.5 Å². The van der Waals surface area contributed by atoms with Crippen LogP contribution in [-0.2, 0) is 0 Å². The highest BCUT2D eigenvalue weighted by Crippen LogP contribution is 2.04. The summed E-state index contributed by atoms with van der Waals surface area (Å²) in [6.07, 6.45) is 2.83. The summed E-state index contributed by atoms with van der Waals surface area (Å²) in [4.78, 5) is 0. The molecule has 0 aromatic heterocycles. The van der Waals surface area contributed by atoms with Crippen LogP contribution in [0.4, 0.5) is 0 Å². The Balaban J connectivity index is 3.44. The molecule has 2 unspecified atom stereocenters. The predicted octanol–water partition coefficient (Wildman–Crippen LogP) is 0.485. The molecule has 0 aliphatic carbocycles. The van der Waals surface area contributed by atoms with Gasteiger partial charge < -0.3 is 11.5 Å². The van der Waals surface area contributed by atoms with Crippen LogP contribution in [0.2, 0.25) is 0 Å². The third-order valence-corrected chi connectivity index (χ3v) is 1.54. The molecule has 2 atom stereocenters. The monoisotopic (exact) mass is 128 g/mol. The molecule has 4 N–H and O–H groups in total. The van der Waals surface area contributed by atoms with Gasteiger partial charge in [-0.15, -0.1) is 6.58 Å². The summed E-state index contributed by atoms with van der Waals surface area (Å²) in [5.41, 5.74) is 11.0. The maximum Gasteiger partial charge on any atom is 0.0192 e. The van der Waals surface area contributed by atoms with E-state index in [0.29, 0.717) is 12.5 Å². The highest BCUT2D eigenvalue weighted by molar-refractivity contribution is 4.77.